The van der Waals surface area contributed by atoms with Crippen molar-refractivity contribution in [3.8, 4) is 11.5 Å². The number of amides is 1. The number of aryl methyl sites for hydroxylation is 3. The van der Waals surface area contributed by atoms with Crippen molar-refractivity contribution in [3.63, 3.8) is 0 Å². The number of hydrogen-bond acceptors (Lipinski definition) is 9. The second kappa shape index (κ2) is 12.4. The van der Waals surface area contributed by atoms with Crippen molar-refractivity contribution in [3.05, 3.63) is 91.8 Å². The number of methoxy groups -OCH3 is 1. The van der Waals surface area contributed by atoms with Crippen LogP contribution in [0.3, 0.4) is 0 Å². The Hall–Kier alpha value is -4.44. The Balaban J connectivity index is 1.67. The number of carbonyl (C=O) groups is 2. The van der Waals surface area contributed by atoms with E-state index in [0.717, 1.165) is 41.7 Å². The molecule has 0 aliphatic carbocycles. The molecule has 9 nitrogen and oxygen atoms in total. The van der Waals surface area contributed by atoms with E-state index in [1.807, 2.05) is 19.9 Å². The summed E-state index contributed by atoms with van der Waals surface area (Å²) in [5.74, 6) is -0.133. The van der Waals surface area contributed by atoms with Crippen molar-refractivity contribution in [1.29, 1.82) is 0 Å². The van der Waals surface area contributed by atoms with Gasteiger partial charge in [-0.3, -0.25) is 14.5 Å². The third kappa shape index (κ3) is 5.54. The maximum atomic E-state index is 14.1. The number of benzene rings is 2. The van der Waals surface area contributed by atoms with Crippen LogP contribution in [0, 0.1) is 20.8 Å². The number of esters is 1. The van der Waals surface area contributed by atoms with Crippen molar-refractivity contribution in [2.45, 2.75) is 53.0 Å². The summed E-state index contributed by atoms with van der Waals surface area (Å²) in [4.78, 5) is 47.2. The number of carbonyl (C=O) groups excluding carboxylic acids is 2. The summed E-state index contributed by atoms with van der Waals surface area (Å²) in [5.41, 5.74) is 3.10. The van der Waals surface area contributed by atoms with Gasteiger partial charge in [-0.2, -0.15) is 0 Å². The van der Waals surface area contributed by atoms with Gasteiger partial charge in [0.25, 0.3) is 5.91 Å². The molecule has 1 aliphatic heterocycles. The highest BCUT2D eigenvalue weighted by Crippen LogP contribution is 2.45. The van der Waals surface area contributed by atoms with Gasteiger partial charge >= 0.3 is 5.97 Å². The van der Waals surface area contributed by atoms with E-state index in [0.29, 0.717) is 40.3 Å². The maximum absolute atomic E-state index is 14.1. The second-order valence-corrected chi connectivity index (χ2v) is 11.4. The Morgan fingerprint density at radius 3 is 2.60 bits per heavy atom. The lowest BCUT2D eigenvalue weighted by Gasteiger charge is -2.23. The van der Waals surface area contributed by atoms with E-state index in [2.05, 4.69) is 18.5 Å². The zero-order chi connectivity index (χ0) is 30.8. The fourth-order valence-electron chi connectivity index (χ4n) is 5.12. The molecule has 0 saturated heterocycles. The van der Waals surface area contributed by atoms with Crippen molar-refractivity contribution in [2.75, 3.05) is 25.2 Å². The van der Waals surface area contributed by atoms with Gasteiger partial charge < -0.3 is 18.6 Å². The molecule has 2 aromatic heterocycles. The minimum Gasteiger partial charge on any atom is -0.493 e. The molecular formula is C33H34N2O7S. The predicted molar refractivity (Wildman–Crippen MR) is 166 cm³/mol. The Morgan fingerprint density at radius 1 is 1.12 bits per heavy atom. The zero-order valence-corrected chi connectivity index (χ0v) is 25.8. The van der Waals surface area contributed by atoms with Crippen molar-refractivity contribution in [1.82, 2.24) is 4.98 Å². The number of ether oxygens (including phenoxy) is 3. The van der Waals surface area contributed by atoms with Crippen LogP contribution in [-0.4, -0.2) is 37.2 Å². The first-order valence-electron chi connectivity index (χ1n) is 14.2. The van der Waals surface area contributed by atoms with E-state index in [4.69, 9.17) is 18.6 Å². The fourth-order valence-corrected chi connectivity index (χ4v) is 6.11. The van der Waals surface area contributed by atoms with Crippen LogP contribution in [-0.2, 0) is 4.74 Å². The summed E-state index contributed by atoms with van der Waals surface area (Å²) < 4.78 is 23.0. The highest BCUT2D eigenvalue weighted by molar-refractivity contribution is 7.17. The first-order valence-corrected chi connectivity index (χ1v) is 15.0. The lowest BCUT2D eigenvalue weighted by Crippen LogP contribution is -2.29. The second-order valence-electron chi connectivity index (χ2n) is 10.4. The standard InChI is InChI=1S/C33H34N2O7S/c1-7-9-10-14-40-23-12-11-21(17-25(23)39-6)27-26-28(36)22-15-18(3)19(4)16-24(22)42-29(26)31(37)35(27)33-34-20(5)30(43-33)32(38)41-13-8-2/h8,11-12,15-17,27H,2,7,9-10,13-14H2,1,3-6H3. The number of rotatable bonds is 11. The van der Waals surface area contributed by atoms with Crippen molar-refractivity contribution < 1.29 is 28.2 Å². The van der Waals surface area contributed by atoms with Gasteiger partial charge in [0.2, 0.25) is 5.76 Å². The van der Waals surface area contributed by atoms with Crippen LogP contribution in [0.15, 0.2) is 52.2 Å². The Kier molecular flexibility index (Phi) is 8.68. The molecule has 4 aromatic rings. The number of unbranched alkanes of at least 4 members (excludes halogenated alkanes) is 2. The average molecular weight is 603 g/mol. The molecule has 3 heterocycles. The number of aromatic nitrogens is 1. The molecule has 0 spiro atoms. The van der Waals surface area contributed by atoms with E-state index in [1.54, 1.807) is 38.3 Å². The fraction of sp³-hybridized carbons (Fsp3) is 0.333. The summed E-state index contributed by atoms with van der Waals surface area (Å²) >= 11 is 1.02. The van der Waals surface area contributed by atoms with Gasteiger partial charge in [0.15, 0.2) is 22.1 Å². The molecule has 0 bridgehead atoms. The van der Waals surface area contributed by atoms with Gasteiger partial charge in [0.05, 0.1) is 36.4 Å². The van der Waals surface area contributed by atoms with Gasteiger partial charge in [-0.1, -0.05) is 49.8 Å². The Bertz CT molecular complexity index is 1790. The van der Waals surface area contributed by atoms with E-state index in [-0.39, 0.29) is 33.4 Å². The summed E-state index contributed by atoms with van der Waals surface area (Å²) in [6.45, 7) is 11.8. The summed E-state index contributed by atoms with van der Waals surface area (Å²) in [6.07, 6.45) is 4.51. The van der Waals surface area contributed by atoms with Gasteiger partial charge in [-0.15, -0.1) is 0 Å². The largest absolute Gasteiger partial charge is 0.493 e. The van der Waals surface area contributed by atoms with Crippen molar-refractivity contribution in [2.24, 2.45) is 0 Å². The van der Waals surface area contributed by atoms with Crippen LogP contribution in [0.5, 0.6) is 11.5 Å². The highest BCUT2D eigenvalue weighted by Gasteiger charge is 2.45. The molecular weight excluding hydrogens is 568 g/mol. The molecule has 0 radical (unpaired) electrons. The van der Waals surface area contributed by atoms with Gasteiger partial charge in [-0.25, -0.2) is 9.78 Å². The third-order valence-electron chi connectivity index (χ3n) is 7.50. The summed E-state index contributed by atoms with van der Waals surface area (Å²) in [7, 11) is 1.54. The quantitative estimate of drug-likeness (QED) is 0.104. The third-order valence-corrected chi connectivity index (χ3v) is 8.64. The lowest BCUT2D eigenvalue weighted by molar-refractivity contribution is 0.0554. The molecule has 2 aromatic carbocycles. The molecule has 1 amide bonds. The van der Waals surface area contributed by atoms with Gasteiger partial charge in [-0.05, 0) is 68.1 Å². The Morgan fingerprint density at radius 2 is 1.88 bits per heavy atom. The number of fused-ring (bicyclic) bond motifs is 2. The molecule has 224 valence electrons. The predicted octanol–water partition coefficient (Wildman–Crippen LogP) is 6.84. The molecule has 43 heavy (non-hydrogen) atoms. The van der Waals surface area contributed by atoms with Crippen LogP contribution in [0.2, 0.25) is 0 Å². The van der Waals surface area contributed by atoms with Gasteiger partial charge in [0.1, 0.15) is 17.1 Å². The lowest BCUT2D eigenvalue weighted by atomic mass is 9.97. The van der Waals surface area contributed by atoms with E-state index >= 15 is 0 Å². The van der Waals surface area contributed by atoms with Crippen molar-refractivity contribution >= 4 is 39.3 Å². The van der Waals surface area contributed by atoms with Gasteiger partial charge in [0, 0.05) is 0 Å². The van der Waals surface area contributed by atoms with E-state index < -0.39 is 17.9 Å². The molecule has 1 atom stereocenters. The monoisotopic (exact) mass is 602 g/mol. The number of nitrogens with zero attached hydrogens (tertiary/aromatic N) is 2. The summed E-state index contributed by atoms with van der Waals surface area (Å²) in [5, 5.41) is 0.618. The molecule has 5 rings (SSSR count). The van der Waals surface area contributed by atoms with Crippen LogP contribution in [0.1, 0.15) is 80.4 Å². The highest BCUT2D eigenvalue weighted by atomic mass is 32.1. The van der Waals surface area contributed by atoms with E-state index in [9.17, 15) is 14.4 Å². The SMILES string of the molecule is C=CCOC(=O)c1sc(N2C(=O)c3oc4cc(C)c(C)cc4c(=O)c3C2c2ccc(OCCCCC)c(OC)c2)nc1C. The molecule has 1 aliphatic rings. The average Bonchev–Trinajstić information content (AvgIpc) is 3.52. The van der Waals surface area contributed by atoms with Crippen LogP contribution in [0.4, 0.5) is 5.13 Å². The van der Waals surface area contributed by atoms with Crippen LogP contribution >= 0.6 is 11.3 Å². The smallest absolute Gasteiger partial charge is 0.350 e. The number of hydrogen-bond donors (Lipinski definition) is 0. The maximum Gasteiger partial charge on any atom is 0.350 e. The normalized spacial score (nSPS) is 14.2. The first-order chi connectivity index (χ1) is 20.7. The minimum absolute atomic E-state index is 0.0404. The molecule has 0 N–H and O–H groups in total. The Labute approximate surface area is 253 Å². The molecule has 1 unspecified atom stereocenters. The van der Waals surface area contributed by atoms with E-state index in [1.165, 1.54) is 11.0 Å². The molecule has 0 saturated carbocycles. The van der Waals surface area contributed by atoms with Crippen LogP contribution in [0.25, 0.3) is 11.0 Å². The minimum atomic E-state index is -0.893. The molecule has 0 fully saturated rings. The number of thiazole rings is 1. The van der Waals surface area contributed by atoms with Crippen LogP contribution < -0.4 is 19.8 Å². The molecule has 10 heteroatoms. The summed E-state index contributed by atoms with van der Waals surface area (Å²) in [6, 6.07) is 8.01. The number of anilines is 1. The zero-order valence-electron chi connectivity index (χ0n) is 24.9. The first kappa shape index (κ1) is 30.0. The topological polar surface area (TPSA) is 108 Å².